The Morgan fingerprint density at radius 2 is 2.50 bits per heavy atom. The molecule has 0 saturated heterocycles. The Bertz CT molecular complexity index is 145. The van der Waals surface area contributed by atoms with E-state index < -0.39 is 0 Å². The van der Waals surface area contributed by atoms with E-state index in [1.54, 1.807) is 18.2 Å². The highest BCUT2D eigenvalue weighted by molar-refractivity contribution is 7.13. The lowest BCUT2D eigenvalue weighted by Gasteiger charge is -1.95. The molecule has 0 aliphatic rings. The second-order valence-electron chi connectivity index (χ2n) is 1.46. The Hall–Kier alpha value is -0.660. The molecule has 0 spiro atoms. The summed E-state index contributed by atoms with van der Waals surface area (Å²) in [6.45, 7) is 3.44. The fraction of sp³-hybridized carbons (Fsp3) is 0.167. The number of allylic oxidation sites excluding steroid dienone is 2. The summed E-state index contributed by atoms with van der Waals surface area (Å²) in [5, 5.41) is 2.20. The van der Waals surface area contributed by atoms with Gasteiger partial charge in [-0.2, -0.15) is 0 Å². The van der Waals surface area contributed by atoms with E-state index in [1.165, 1.54) is 0 Å². The molecule has 0 amide bonds. The molecule has 1 atom stereocenters. The van der Waals surface area contributed by atoms with Gasteiger partial charge in [-0.15, -0.1) is 5.25 Å². The molecule has 0 aromatic heterocycles. The molecule has 0 aliphatic heterocycles. The maximum Gasteiger partial charge on any atom is 0.328 e. The maximum atomic E-state index is 10.5. The summed E-state index contributed by atoms with van der Waals surface area (Å²) in [4.78, 5) is 14.9. The molecule has 1 N–H and O–H groups in total. The van der Waals surface area contributed by atoms with Crippen molar-refractivity contribution < 1.29 is 9.63 Å². The molecule has 56 valence electrons. The van der Waals surface area contributed by atoms with Crippen molar-refractivity contribution in [2.75, 3.05) is 0 Å². The normalized spacial score (nSPS) is 9.70. The topological polar surface area (TPSA) is 38.3 Å². The second-order valence-corrected chi connectivity index (χ2v) is 1.70. The number of carbonyl (C=O) groups is 1. The van der Waals surface area contributed by atoms with Crippen molar-refractivity contribution in [3.63, 3.8) is 0 Å². The van der Waals surface area contributed by atoms with Crippen molar-refractivity contribution in [1.29, 1.82) is 0 Å². The number of hydrogen-bond acceptors (Lipinski definition) is 3. The molecule has 0 aromatic carbocycles. The lowest BCUT2D eigenvalue weighted by atomic mass is 10.4. The molecular formula is C6H10NO2P. The van der Waals surface area contributed by atoms with E-state index in [0.717, 1.165) is 0 Å². The lowest BCUT2D eigenvalue weighted by molar-refractivity contribution is -0.145. The van der Waals surface area contributed by atoms with Crippen molar-refractivity contribution in [3.8, 4) is 0 Å². The summed E-state index contributed by atoms with van der Waals surface area (Å²) in [5.74, 6) is -0.326. The minimum Gasteiger partial charge on any atom is -0.367 e. The Balaban J connectivity index is 3.38. The van der Waals surface area contributed by atoms with Crippen LogP contribution in [0.5, 0.6) is 0 Å². The van der Waals surface area contributed by atoms with Crippen LogP contribution < -0.4 is 5.25 Å². The first-order valence-corrected chi connectivity index (χ1v) is 3.32. The zero-order chi connectivity index (χ0) is 7.82. The summed E-state index contributed by atoms with van der Waals surface area (Å²) in [7, 11) is 2.06. The first-order valence-electron chi connectivity index (χ1n) is 2.74. The molecular weight excluding hydrogens is 149 g/mol. The van der Waals surface area contributed by atoms with Crippen molar-refractivity contribution in [3.05, 3.63) is 24.8 Å². The van der Waals surface area contributed by atoms with Crippen LogP contribution in [0.4, 0.5) is 0 Å². The van der Waals surface area contributed by atoms with E-state index in [0.29, 0.717) is 0 Å². The minimum atomic E-state index is -0.326. The summed E-state index contributed by atoms with van der Waals surface area (Å²) >= 11 is 0. The van der Waals surface area contributed by atoms with Crippen LogP contribution in [0.3, 0.4) is 0 Å². The van der Waals surface area contributed by atoms with E-state index in [4.69, 9.17) is 0 Å². The Kier molecular flexibility index (Phi) is 6.03. The number of carbonyl (C=O) groups excluding carboxylic acids is 1. The monoisotopic (exact) mass is 159 g/mol. The van der Waals surface area contributed by atoms with Crippen molar-refractivity contribution in [1.82, 2.24) is 5.25 Å². The smallest absolute Gasteiger partial charge is 0.328 e. The molecule has 0 bridgehead atoms. The van der Waals surface area contributed by atoms with Gasteiger partial charge in [0, 0.05) is 0 Å². The van der Waals surface area contributed by atoms with E-state index in [1.807, 2.05) is 0 Å². The quantitative estimate of drug-likeness (QED) is 0.377. The zero-order valence-corrected chi connectivity index (χ0v) is 6.69. The van der Waals surface area contributed by atoms with Crippen LogP contribution in [0.15, 0.2) is 24.8 Å². The maximum absolute atomic E-state index is 10.5. The van der Waals surface area contributed by atoms with Gasteiger partial charge in [-0.05, 0) is 9.39 Å². The molecule has 0 rings (SSSR count). The van der Waals surface area contributed by atoms with Gasteiger partial charge >= 0.3 is 5.97 Å². The minimum absolute atomic E-state index is 0.257. The van der Waals surface area contributed by atoms with Gasteiger partial charge in [-0.1, -0.05) is 24.8 Å². The van der Waals surface area contributed by atoms with Gasteiger partial charge in [0.2, 0.25) is 0 Å². The Labute approximate surface area is 62.3 Å². The van der Waals surface area contributed by atoms with E-state index in [-0.39, 0.29) is 12.4 Å². The fourth-order valence-electron chi connectivity index (χ4n) is 0.368. The zero-order valence-electron chi connectivity index (χ0n) is 5.54. The first kappa shape index (κ1) is 9.34. The molecule has 4 heteroatoms. The van der Waals surface area contributed by atoms with Gasteiger partial charge < -0.3 is 4.84 Å². The predicted molar refractivity (Wildman–Crippen MR) is 42.9 cm³/mol. The number of hydrogen-bond donors (Lipinski definition) is 1. The van der Waals surface area contributed by atoms with E-state index in [9.17, 15) is 4.79 Å². The van der Waals surface area contributed by atoms with Gasteiger partial charge in [0.05, 0.1) is 6.42 Å². The highest BCUT2D eigenvalue weighted by Crippen LogP contribution is 1.87. The second kappa shape index (κ2) is 6.46. The third-order valence-corrected chi connectivity index (χ3v) is 0.847. The van der Waals surface area contributed by atoms with Crippen molar-refractivity contribution in [2.45, 2.75) is 6.42 Å². The summed E-state index contributed by atoms with van der Waals surface area (Å²) < 4.78 is 0. The van der Waals surface area contributed by atoms with Crippen LogP contribution in [0, 0.1) is 0 Å². The van der Waals surface area contributed by atoms with Crippen LogP contribution in [0.2, 0.25) is 0 Å². The molecule has 10 heavy (non-hydrogen) atoms. The third kappa shape index (κ3) is 5.48. The summed E-state index contributed by atoms with van der Waals surface area (Å²) in [6.07, 6.45) is 5.20. The average Bonchev–Trinajstić information content (AvgIpc) is 1.89. The molecule has 0 aromatic rings. The third-order valence-electron chi connectivity index (χ3n) is 0.729. The van der Waals surface area contributed by atoms with Crippen molar-refractivity contribution in [2.24, 2.45) is 0 Å². The summed E-state index contributed by atoms with van der Waals surface area (Å²) in [5.41, 5.74) is 0. The van der Waals surface area contributed by atoms with Crippen LogP contribution in [0.1, 0.15) is 6.42 Å². The number of rotatable bonds is 4. The summed E-state index contributed by atoms with van der Waals surface area (Å²) in [6, 6.07) is 0. The number of nitrogens with one attached hydrogen (secondary N) is 1. The van der Waals surface area contributed by atoms with Gasteiger partial charge in [-0.3, -0.25) is 4.79 Å². The Morgan fingerprint density at radius 3 is 3.00 bits per heavy atom. The highest BCUT2D eigenvalue weighted by Gasteiger charge is 1.94. The van der Waals surface area contributed by atoms with Crippen molar-refractivity contribution >= 4 is 15.4 Å². The molecule has 0 radical (unpaired) electrons. The van der Waals surface area contributed by atoms with Gasteiger partial charge in [0.15, 0.2) is 0 Å². The lowest BCUT2D eigenvalue weighted by Crippen LogP contribution is -2.08. The fourth-order valence-corrected chi connectivity index (χ4v) is 0.499. The van der Waals surface area contributed by atoms with E-state index >= 15 is 0 Å². The van der Waals surface area contributed by atoms with Gasteiger partial charge in [0.1, 0.15) is 0 Å². The van der Waals surface area contributed by atoms with Crippen LogP contribution in [0.25, 0.3) is 0 Å². The molecule has 0 heterocycles. The molecule has 0 fully saturated rings. The molecule has 3 nitrogen and oxygen atoms in total. The SMILES string of the molecule is C=CC=CCC(=O)ONP. The molecule has 0 aliphatic carbocycles. The largest absolute Gasteiger partial charge is 0.367 e. The van der Waals surface area contributed by atoms with Gasteiger partial charge in [0.25, 0.3) is 0 Å². The van der Waals surface area contributed by atoms with Gasteiger partial charge in [-0.25, -0.2) is 0 Å². The Morgan fingerprint density at radius 1 is 1.80 bits per heavy atom. The standard InChI is InChI=1S/C6H10NO2P/c1-2-3-4-5-6(8)9-7-10/h2-4,7H,1,5,10H2. The van der Waals surface area contributed by atoms with Crippen LogP contribution in [-0.4, -0.2) is 5.97 Å². The predicted octanol–water partition coefficient (Wildman–Crippen LogP) is 0.957. The van der Waals surface area contributed by atoms with E-state index in [2.05, 4.69) is 26.1 Å². The molecule has 1 unspecified atom stereocenters. The van der Waals surface area contributed by atoms with Crippen LogP contribution in [-0.2, 0) is 9.63 Å². The highest BCUT2D eigenvalue weighted by atomic mass is 31.0. The van der Waals surface area contributed by atoms with Crippen LogP contribution >= 0.6 is 9.39 Å². The first-order chi connectivity index (χ1) is 4.81. The average molecular weight is 159 g/mol. The molecule has 0 saturated carbocycles.